The monoisotopic (exact) mass is 260 g/mol. The van der Waals surface area contributed by atoms with Crippen molar-refractivity contribution in [3.63, 3.8) is 0 Å². The average Bonchev–Trinajstić information content (AvgIpc) is 2.47. The molecule has 1 aromatic carbocycles. The third-order valence-corrected chi connectivity index (χ3v) is 2.75. The molecule has 0 aliphatic heterocycles. The first-order valence-electron chi connectivity index (χ1n) is 6.01. The Balaban J connectivity index is 2.67. The van der Waals surface area contributed by atoms with Gasteiger partial charge in [-0.2, -0.15) is 0 Å². The predicted octanol–water partition coefficient (Wildman–Crippen LogP) is 1.09. The summed E-state index contributed by atoms with van der Waals surface area (Å²) in [6.07, 6.45) is 2.35. The maximum absolute atomic E-state index is 12.0. The van der Waals surface area contributed by atoms with Crippen LogP contribution in [0, 0.1) is 0 Å². The first-order valence-corrected chi connectivity index (χ1v) is 6.01. The first kappa shape index (κ1) is 15.2. The Bertz CT molecular complexity index is 437. The molecule has 0 unspecified atom stereocenters. The van der Waals surface area contributed by atoms with Gasteiger partial charge in [-0.15, -0.1) is 0 Å². The fourth-order valence-electron chi connectivity index (χ4n) is 1.65. The fourth-order valence-corrected chi connectivity index (χ4v) is 1.65. The molecule has 100 valence electrons. The summed E-state index contributed by atoms with van der Waals surface area (Å²) in [7, 11) is 3.50. The summed E-state index contributed by atoms with van der Waals surface area (Å²) < 4.78 is 10.3. The number of hydroxylamine groups is 2. The van der Waals surface area contributed by atoms with Crippen molar-refractivity contribution < 1.29 is 14.3 Å². The van der Waals surface area contributed by atoms with Gasteiger partial charge >= 0.3 is 112 Å². The number of rotatable bonds is 7. The summed E-state index contributed by atoms with van der Waals surface area (Å²) in [6.45, 7) is 0. The SMILES string of the molecule is CON(C)C(=O)[C@H](CCc1ccccc1)N=CB=O. The van der Waals surface area contributed by atoms with Crippen molar-refractivity contribution in [2.45, 2.75) is 18.9 Å². The molecular formula is C13H17BN2O3. The molecule has 0 fully saturated rings. The number of carbonyl (C=O) groups excluding carboxylic acids is 1. The molecule has 6 heteroatoms. The zero-order valence-corrected chi connectivity index (χ0v) is 11.2. The standard InChI is InChI=1S/C13H17BN2O3/c1-16(19-2)13(17)12(15-10-14-18)9-8-11-6-4-3-5-7-11/h3-7,10,12H,8-9H2,1-2H3/t12-/m0/s1. The molecule has 0 aliphatic rings. The molecule has 0 aliphatic carbocycles. The van der Waals surface area contributed by atoms with E-state index in [2.05, 4.69) is 4.99 Å². The van der Waals surface area contributed by atoms with E-state index in [4.69, 9.17) is 4.84 Å². The second kappa shape index (κ2) is 8.32. The van der Waals surface area contributed by atoms with Crippen LogP contribution in [0.15, 0.2) is 35.3 Å². The number of aryl methyl sites for hydroxylation is 1. The molecule has 0 radical (unpaired) electrons. The molecule has 5 nitrogen and oxygen atoms in total. The molecule has 19 heavy (non-hydrogen) atoms. The van der Waals surface area contributed by atoms with E-state index in [1.54, 1.807) is 0 Å². The number of carbonyl (C=O) groups is 1. The van der Waals surface area contributed by atoms with Crippen molar-refractivity contribution in [2.75, 3.05) is 14.2 Å². The van der Waals surface area contributed by atoms with Crippen LogP contribution in [-0.4, -0.2) is 44.4 Å². The van der Waals surface area contributed by atoms with Crippen LogP contribution in [-0.2, 0) is 20.8 Å². The average molecular weight is 260 g/mol. The van der Waals surface area contributed by atoms with Crippen LogP contribution in [0.3, 0.4) is 0 Å². The number of benzene rings is 1. The van der Waals surface area contributed by atoms with Crippen molar-refractivity contribution in [3.05, 3.63) is 35.9 Å². The van der Waals surface area contributed by atoms with E-state index in [0.717, 1.165) is 16.7 Å². The van der Waals surface area contributed by atoms with E-state index in [1.807, 2.05) is 30.3 Å². The van der Waals surface area contributed by atoms with Gasteiger partial charge < -0.3 is 0 Å². The Morgan fingerprint density at radius 1 is 1.47 bits per heavy atom. The van der Waals surface area contributed by atoms with Gasteiger partial charge in [-0.25, -0.2) is 0 Å². The Labute approximate surface area is 113 Å². The number of aliphatic imine (C=N–C) groups is 1. The maximum atomic E-state index is 12.0. The Morgan fingerprint density at radius 3 is 2.74 bits per heavy atom. The second-order valence-corrected chi connectivity index (χ2v) is 3.99. The van der Waals surface area contributed by atoms with Crippen molar-refractivity contribution in [1.29, 1.82) is 0 Å². The molecule has 1 rings (SSSR count). The molecule has 0 saturated carbocycles. The number of hydrogen-bond donors (Lipinski definition) is 0. The summed E-state index contributed by atoms with van der Waals surface area (Å²) in [6, 6.07) is 9.21. The van der Waals surface area contributed by atoms with Gasteiger partial charge in [0.1, 0.15) is 0 Å². The van der Waals surface area contributed by atoms with Gasteiger partial charge in [0.15, 0.2) is 0 Å². The van der Waals surface area contributed by atoms with Gasteiger partial charge in [-0.1, -0.05) is 0 Å². The van der Waals surface area contributed by atoms with E-state index in [-0.39, 0.29) is 5.91 Å². The zero-order valence-electron chi connectivity index (χ0n) is 11.2. The molecule has 1 aromatic rings. The van der Waals surface area contributed by atoms with E-state index in [9.17, 15) is 9.50 Å². The molecule has 0 heterocycles. The minimum absolute atomic E-state index is 0.267. The van der Waals surface area contributed by atoms with Crippen LogP contribution >= 0.6 is 0 Å². The minimum atomic E-state index is -0.602. The van der Waals surface area contributed by atoms with Crippen molar-refractivity contribution in [2.24, 2.45) is 4.99 Å². The summed E-state index contributed by atoms with van der Waals surface area (Å²) in [5, 5.41) is 1.12. The summed E-state index contributed by atoms with van der Waals surface area (Å²) in [5.41, 5.74) is 1.13. The number of amides is 1. The van der Waals surface area contributed by atoms with Gasteiger partial charge in [0, 0.05) is 0 Å². The van der Waals surface area contributed by atoms with Gasteiger partial charge in [0.25, 0.3) is 0 Å². The quantitative estimate of drug-likeness (QED) is 0.419. The zero-order chi connectivity index (χ0) is 14.1. The molecular weight excluding hydrogens is 243 g/mol. The Hall–Kier alpha value is -1.82. The van der Waals surface area contributed by atoms with Crippen LogP contribution < -0.4 is 0 Å². The van der Waals surface area contributed by atoms with Crippen molar-refractivity contribution in [3.8, 4) is 0 Å². The Kier molecular flexibility index (Phi) is 6.67. The van der Waals surface area contributed by atoms with Crippen LogP contribution in [0.1, 0.15) is 12.0 Å². The van der Waals surface area contributed by atoms with Gasteiger partial charge in [0.2, 0.25) is 0 Å². The summed E-state index contributed by atoms with van der Waals surface area (Å²) >= 11 is 0. The number of hydrogen-bond acceptors (Lipinski definition) is 4. The molecule has 0 N–H and O–H groups in total. The summed E-state index contributed by atoms with van der Waals surface area (Å²) in [4.78, 5) is 20.8. The summed E-state index contributed by atoms with van der Waals surface area (Å²) in [5.74, 6) is -0.267. The van der Waals surface area contributed by atoms with Crippen molar-refractivity contribution >= 4 is 19.2 Å². The first-order chi connectivity index (χ1) is 9.19. The molecule has 0 saturated heterocycles. The number of likely N-dealkylation sites (N-methyl/N-ethyl adjacent to an activating group) is 1. The third kappa shape index (κ3) is 5.13. The molecule has 1 atom stereocenters. The van der Waals surface area contributed by atoms with E-state index >= 15 is 0 Å². The normalized spacial score (nSPS) is 12.1. The molecule has 0 aromatic heterocycles. The van der Waals surface area contributed by atoms with Crippen LogP contribution in [0.5, 0.6) is 0 Å². The molecule has 1 amide bonds. The fraction of sp³-hybridized carbons (Fsp3) is 0.385. The van der Waals surface area contributed by atoms with E-state index in [1.165, 1.54) is 14.2 Å². The van der Waals surface area contributed by atoms with E-state index in [0.29, 0.717) is 20.0 Å². The second-order valence-electron chi connectivity index (χ2n) is 3.99. The van der Waals surface area contributed by atoms with Crippen LogP contribution in [0.2, 0.25) is 0 Å². The van der Waals surface area contributed by atoms with Crippen LogP contribution in [0.4, 0.5) is 0 Å². The topological polar surface area (TPSA) is 59.0 Å². The van der Waals surface area contributed by atoms with Crippen molar-refractivity contribution in [1.82, 2.24) is 5.06 Å². The Morgan fingerprint density at radius 2 is 2.16 bits per heavy atom. The van der Waals surface area contributed by atoms with Gasteiger partial charge in [-0.3, -0.25) is 0 Å². The predicted molar refractivity (Wildman–Crippen MR) is 73.3 cm³/mol. The van der Waals surface area contributed by atoms with Gasteiger partial charge in [-0.05, 0) is 0 Å². The molecule has 0 spiro atoms. The van der Waals surface area contributed by atoms with Crippen LogP contribution in [0.25, 0.3) is 0 Å². The van der Waals surface area contributed by atoms with Gasteiger partial charge in [0.05, 0.1) is 0 Å². The third-order valence-electron chi connectivity index (χ3n) is 2.75. The molecule has 0 bridgehead atoms. The van der Waals surface area contributed by atoms with E-state index < -0.39 is 6.04 Å². The number of nitrogens with zero attached hydrogens (tertiary/aromatic N) is 2.